The normalized spacial score (nSPS) is 11.8. The molecule has 0 aliphatic heterocycles. The van der Waals surface area contributed by atoms with Crippen molar-refractivity contribution in [3.8, 4) is 0 Å². The van der Waals surface area contributed by atoms with Gasteiger partial charge in [-0.3, -0.25) is 14.5 Å². The Hall–Kier alpha value is -3.95. The molecule has 1 unspecified atom stereocenters. The Kier molecular flexibility index (Phi) is 9.16. The van der Waals surface area contributed by atoms with E-state index in [4.69, 9.17) is 0 Å². The fraction of sp³-hybridized carbons (Fsp3) is 0.269. The maximum atomic E-state index is 11.7. The predicted molar refractivity (Wildman–Crippen MR) is 129 cm³/mol. The topological polar surface area (TPSA) is 133 Å². The van der Waals surface area contributed by atoms with E-state index in [2.05, 4.69) is 15.3 Å². The van der Waals surface area contributed by atoms with Gasteiger partial charge in [-0.05, 0) is 43.2 Å². The molecule has 1 atom stereocenters. The number of carboxylic acids is 2. The first-order valence-electron chi connectivity index (χ1n) is 11.2. The Labute approximate surface area is 203 Å². The highest BCUT2D eigenvalue weighted by atomic mass is 16.4. The molecule has 0 aliphatic carbocycles. The Bertz CT molecular complexity index is 1170. The van der Waals surface area contributed by atoms with Crippen molar-refractivity contribution in [1.82, 2.24) is 20.2 Å². The summed E-state index contributed by atoms with van der Waals surface area (Å²) in [7, 11) is 0. The fourth-order valence-corrected chi connectivity index (χ4v) is 3.74. The molecule has 9 nitrogen and oxygen atoms in total. The molecule has 0 bridgehead atoms. The van der Waals surface area contributed by atoms with Crippen molar-refractivity contribution in [2.24, 2.45) is 0 Å². The van der Waals surface area contributed by atoms with Crippen molar-refractivity contribution in [3.63, 3.8) is 0 Å². The molecule has 3 N–H and O–H groups in total. The van der Waals surface area contributed by atoms with Gasteiger partial charge in [0.05, 0.1) is 17.9 Å². The van der Waals surface area contributed by atoms with E-state index in [1.165, 1.54) is 6.07 Å². The highest BCUT2D eigenvalue weighted by molar-refractivity contribution is 5.85. The number of nitrogens with one attached hydrogen (secondary N) is 1. The molecule has 2 aromatic heterocycles. The van der Waals surface area contributed by atoms with Crippen LogP contribution < -0.4 is 5.32 Å². The summed E-state index contributed by atoms with van der Waals surface area (Å²) in [6, 6.07) is 17.7. The molecule has 0 fully saturated rings. The first kappa shape index (κ1) is 25.7. The summed E-state index contributed by atoms with van der Waals surface area (Å²) in [5.74, 6) is -2.13. The molecule has 1 aromatic carbocycles. The largest absolute Gasteiger partial charge is 0.480 e. The zero-order chi connectivity index (χ0) is 25.2. The molecule has 0 aliphatic rings. The first-order valence-corrected chi connectivity index (χ1v) is 11.2. The molecule has 0 radical (unpaired) electrons. The number of aromatic carboxylic acids is 1. The number of hydrogen-bond acceptors (Lipinski definition) is 7. The number of aldehydes is 1. The zero-order valence-electron chi connectivity index (χ0n) is 19.4. The monoisotopic (exact) mass is 476 g/mol. The maximum absolute atomic E-state index is 11.7. The van der Waals surface area contributed by atoms with Gasteiger partial charge in [0.25, 0.3) is 0 Å². The number of aryl methyl sites for hydroxylation is 1. The Morgan fingerprint density at radius 3 is 2.40 bits per heavy atom. The van der Waals surface area contributed by atoms with Crippen molar-refractivity contribution in [2.75, 3.05) is 13.1 Å². The number of hydrogen-bond donors (Lipinski definition) is 3. The van der Waals surface area contributed by atoms with E-state index in [-0.39, 0.29) is 24.8 Å². The summed E-state index contributed by atoms with van der Waals surface area (Å²) in [6.45, 7) is 2.77. The van der Waals surface area contributed by atoms with Crippen LogP contribution in [0.2, 0.25) is 0 Å². The minimum absolute atomic E-state index is 0.0906. The van der Waals surface area contributed by atoms with Crippen molar-refractivity contribution >= 4 is 18.2 Å². The molecule has 2 heterocycles. The van der Waals surface area contributed by atoms with Gasteiger partial charge in [0.1, 0.15) is 11.4 Å². The van der Waals surface area contributed by atoms with E-state index in [0.29, 0.717) is 42.9 Å². The van der Waals surface area contributed by atoms with E-state index >= 15 is 0 Å². The van der Waals surface area contributed by atoms with Crippen LogP contribution in [-0.2, 0) is 24.3 Å². The summed E-state index contributed by atoms with van der Waals surface area (Å²) in [6.07, 6.45) is 1.26. The van der Waals surface area contributed by atoms with Gasteiger partial charge < -0.3 is 15.5 Å². The van der Waals surface area contributed by atoms with E-state index in [1.54, 1.807) is 29.2 Å². The molecule has 3 rings (SSSR count). The standard InChI is InChI=1S/C26H28N4O5/c1-18-8-10-19(11-9-18)12-23(14-27-13-20-4-2-6-22(17-31)28-20)30(16-25(32)33)15-21-5-3-7-24(29-21)26(34)35/h2-11,17,23,27H,12-16H2,1H3,(H,32,33)(H,34,35). The summed E-state index contributed by atoms with van der Waals surface area (Å²) in [5, 5.41) is 22.2. The number of carbonyl (C=O) groups excluding carboxylic acids is 1. The number of carboxylic acid groups (broad SMARTS) is 2. The van der Waals surface area contributed by atoms with Gasteiger partial charge in [0.2, 0.25) is 0 Å². The average Bonchev–Trinajstić information content (AvgIpc) is 2.84. The lowest BCUT2D eigenvalue weighted by Crippen LogP contribution is -2.45. The van der Waals surface area contributed by atoms with E-state index in [0.717, 1.165) is 11.1 Å². The molecular formula is C26H28N4O5. The number of rotatable bonds is 13. The SMILES string of the molecule is Cc1ccc(CC(CNCc2cccc(C=O)n2)N(CC(=O)O)Cc2cccc(C(=O)O)n2)cc1. The quantitative estimate of drug-likeness (QED) is 0.318. The summed E-state index contributed by atoms with van der Waals surface area (Å²) in [4.78, 5) is 44.3. The van der Waals surface area contributed by atoms with Crippen LogP contribution in [0, 0.1) is 6.92 Å². The lowest BCUT2D eigenvalue weighted by Gasteiger charge is -2.31. The number of nitrogens with zero attached hydrogens (tertiary/aromatic N) is 3. The average molecular weight is 477 g/mol. The number of carbonyl (C=O) groups is 3. The number of aliphatic carboxylic acids is 1. The predicted octanol–water partition coefficient (Wildman–Crippen LogP) is 2.58. The van der Waals surface area contributed by atoms with Crippen LogP contribution in [0.15, 0.2) is 60.7 Å². The molecule has 0 amide bonds. The van der Waals surface area contributed by atoms with E-state index in [1.807, 2.05) is 37.3 Å². The Morgan fingerprint density at radius 2 is 1.71 bits per heavy atom. The summed E-state index contributed by atoms with van der Waals surface area (Å²) >= 11 is 0. The van der Waals surface area contributed by atoms with Crippen molar-refractivity contribution < 1.29 is 24.6 Å². The van der Waals surface area contributed by atoms with Crippen LogP contribution in [0.3, 0.4) is 0 Å². The second kappa shape index (κ2) is 12.5. The third kappa shape index (κ3) is 8.09. The molecule has 9 heteroatoms. The number of pyridine rings is 2. The van der Waals surface area contributed by atoms with E-state index < -0.39 is 11.9 Å². The Balaban J connectivity index is 1.82. The molecule has 182 valence electrons. The molecule has 0 saturated heterocycles. The van der Waals surface area contributed by atoms with Crippen LogP contribution in [0.25, 0.3) is 0 Å². The van der Waals surface area contributed by atoms with Crippen molar-refractivity contribution in [1.29, 1.82) is 0 Å². The molecule has 35 heavy (non-hydrogen) atoms. The van der Waals surface area contributed by atoms with Gasteiger partial charge in [0.15, 0.2) is 6.29 Å². The molecule has 0 saturated carbocycles. The van der Waals surface area contributed by atoms with Gasteiger partial charge in [-0.2, -0.15) is 0 Å². The van der Waals surface area contributed by atoms with Gasteiger partial charge in [-0.15, -0.1) is 0 Å². The van der Waals surface area contributed by atoms with Crippen LogP contribution >= 0.6 is 0 Å². The number of aromatic nitrogens is 2. The lowest BCUT2D eigenvalue weighted by molar-refractivity contribution is -0.139. The van der Waals surface area contributed by atoms with Crippen molar-refractivity contribution in [2.45, 2.75) is 32.5 Å². The maximum Gasteiger partial charge on any atom is 0.354 e. The summed E-state index contributed by atoms with van der Waals surface area (Å²) < 4.78 is 0. The van der Waals surface area contributed by atoms with E-state index in [9.17, 15) is 24.6 Å². The third-order valence-corrected chi connectivity index (χ3v) is 5.47. The molecule has 3 aromatic rings. The second-order valence-electron chi connectivity index (χ2n) is 8.26. The highest BCUT2D eigenvalue weighted by Gasteiger charge is 2.23. The highest BCUT2D eigenvalue weighted by Crippen LogP contribution is 2.14. The molecule has 0 spiro atoms. The first-order chi connectivity index (χ1) is 16.8. The minimum Gasteiger partial charge on any atom is -0.480 e. The van der Waals surface area contributed by atoms with Gasteiger partial charge in [0, 0.05) is 25.7 Å². The second-order valence-corrected chi connectivity index (χ2v) is 8.26. The van der Waals surface area contributed by atoms with Crippen molar-refractivity contribution in [3.05, 3.63) is 94.6 Å². The summed E-state index contributed by atoms with van der Waals surface area (Å²) in [5.41, 5.74) is 3.60. The van der Waals surface area contributed by atoms with Gasteiger partial charge in [-0.25, -0.2) is 14.8 Å². The zero-order valence-corrected chi connectivity index (χ0v) is 19.4. The van der Waals surface area contributed by atoms with Crippen LogP contribution in [-0.4, -0.2) is 62.4 Å². The van der Waals surface area contributed by atoms with Gasteiger partial charge in [-0.1, -0.05) is 42.0 Å². The van der Waals surface area contributed by atoms with Gasteiger partial charge >= 0.3 is 11.9 Å². The smallest absolute Gasteiger partial charge is 0.354 e. The Morgan fingerprint density at radius 1 is 1.00 bits per heavy atom. The minimum atomic E-state index is -1.14. The fourth-order valence-electron chi connectivity index (χ4n) is 3.74. The third-order valence-electron chi connectivity index (χ3n) is 5.47. The van der Waals surface area contributed by atoms with Crippen LogP contribution in [0.1, 0.15) is 43.5 Å². The van der Waals surface area contributed by atoms with Crippen LogP contribution in [0.4, 0.5) is 0 Å². The van der Waals surface area contributed by atoms with Crippen LogP contribution in [0.5, 0.6) is 0 Å². The number of benzene rings is 1. The molecular weight excluding hydrogens is 448 g/mol. The lowest BCUT2D eigenvalue weighted by atomic mass is 10.0.